The third-order valence-electron chi connectivity index (χ3n) is 3.05. The van der Waals surface area contributed by atoms with Crippen molar-refractivity contribution < 1.29 is 23.0 Å². The summed E-state index contributed by atoms with van der Waals surface area (Å²) >= 11 is 0. The van der Waals surface area contributed by atoms with Crippen LogP contribution in [0.5, 0.6) is 5.75 Å². The number of nitrogens with one attached hydrogen (secondary N) is 1. The lowest BCUT2D eigenvalue weighted by atomic mass is 9.95. The van der Waals surface area contributed by atoms with Gasteiger partial charge in [0.25, 0.3) is 0 Å². The number of alkyl halides is 3. The molecule has 2 N–H and O–H groups in total. The average molecular weight is 291 g/mol. The Morgan fingerprint density at radius 3 is 2.50 bits per heavy atom. The first-order valence-corrected chi connectivity index (χ1v) is 6.38. The fraction of sp³-hybridized carbons (Fsp3) is 0.571. The average Bonchev–Trinajstić information content (AvgIpc) is 2.37. The fourth-order valence-corrected chi connectivity index (χ4v) is 1.91. The summed E-state index contributed by atoms with van der Waals surface area (Å²) in [5, 5.41) is 12.5. The van der Waals surface area contributed by atoms with Gasteiger partial charge in [0.1, 0.15) is 5.75 Å². The minimum atomic E-state index is -4.16. The van der Waals surface area contributed by atoms with Crippen molar-refractivity contribution >= 4 is 5.69 Å². The van der Waals surface area contributed by atoms with Crippen LogP contribution >= 0.6 is 0 Å². The summed E-state index contributed by atoms with van der Waals surface area (Å²) in [6.07, 6.45) is -4.81. The van der Waals surface area contributed by atoms with E-state index < -0.39 is 18.1 Å². The van der Waals surface area contributed by atoms with Gasteiger partial charge in [0.15, 0.2) is 0 Å². The molecule has 114 valence electrons. The van der Waals surface area contributed by atoms with Gasteiger partial charge in [-0.3, -0.25) is 0 Å². The molecule has 0 amide bonds. The molecule has 0 heterocycles. The molecule has 0 saturated heterocycles. The van der Waals surface area contributed by atoms with Crippen molar-refractivity contribution in [3.05, 3.63) is 24.3 Å². The number of aliphatic hydroxyl groups excluding tert-OH is 1. The Balaban J connectivity index is 2.63. The highest BCUT2D eigenvalue weighted by atomic mass is 19.4. The number of rotatable bonds is 7. The highest BCUT2D eigenvalue weighted by molar-refractivity contribution is 5.50. The summed E-state index contributed by atoms with van der Waals surface area (Å²) in [6, 6.07) is 7.05. The van der Waals surface area contributed by atoms with Crippen LogP contribution in [-0.2, 0) is 0 Å². The van der Waals surface area contributed by atoms with Crippen LogP contribution in [0.4, 0.5) is 18.9 Å². The largest absolute Gasteiger partial charge is 0.497 e. The zero-order chi connectivity index (χ0) is 15.2. The minimum absolute atomic E-state index is 0.0302. The Morgan fingerprint density at radius 2 is 1.95 bits per heavy atom. The maximum Gasteiger partial charge on any atom is 0.389 e. The van der Waals surface area contributed by atoms with Crippen LogP contribution in [0, 0.1) is 0 Å². The Bertz CT molecular complexity index is 423. The van der Waals surface area contributed by atoms with E-state index in [4.69, 9.17) is 4.74 Å². The molecule has 1 rings (SSSR count). The van der Waals surface area contributed by atoms with Gasteiger partial charge in [-0.15, -0.1) is 0 Å². The van der Waals surface area contributed by atoms with Crippen LogP contribution in [-0.4, -0.2) is 30.5 Å². The van der Waals surface area contributed by atoms with E-state index in [1.807, 2.05) is 0 Å². The zero-order valence-corrected chi connectivity index (χ0v) is 11.6. The minimum Gasteiger partial charge on any atom is -0.497 e. The number of ether oxygens (including phenoxy) is 1. The first kappa shape index (κ1) is 16.6. The van der Waals surface area contributed by atoms with Gasteiger partial charge in [0, 0.05) is 18.2 Å². The second kappa shape index (κ2) is 6.83. The summed E-state index contributed by atoms with van der Waals surface area (Å²) in [5.74, 6) is 0.644. The van der Waals surface area contributed by atoms with E-state index in [9.17, 15) is 18.3 Å². The van der Waals surface area contributed by atoms with Gasteiger partial charge in [-0.1, -0.05) is 6.07 Å². The van der Waals surface area contributed by atoms with Crippen molar-refractivity contribution in [3.8, 4) is 5.75 Å². The molecule has 20 heavy (non-hydrogen) atoms. The van der Waals surface area contributed by atoms with Crippen molar-refractivity contribution in [2.75, 3.05) is 19.0 Å². The van der Waals surface area contributed by atoms with Gasteiger partial charge in [-0.2, -0.15) is 13.2 Å². The molecule has 1 atom stereocenters. The molecular formula is C14H20F3NO2. The van der Waals surface area contributed by atoms with Crippen LogP contribution in [0.15, 0.2) is 24.3 Å². The molecule has 0 aliphatic carbocycles. The Kier molecular flexibility index (Phi) is 5.68. The summed E-state index contributed by atoms with van der Waals surface area (Å²) in [7, 11) is 1.54. The maximum atomic E-state index is 12.2. The molecule has 3 nitrogen and oxygen atoms in total. The summed E-state index contributed by atoms with van der Waals surface area (Å²) in [4.78, 5) is 0. The van der Waals surface area contributed by atoms with Crippen molar-refractivity contribution in [2.24, 2.45) is 0 Å². The van der Waals surface area contributed by atoms with Crippen LogP contribution < -0.4 is 10.1 Å². The topological polar surface area (TPSA) is 41.5 Å². The lowest BCUT2D eigenvalue weighted by molar-refractivity contribution is -0.136. The summed E-state index contributed by atoms with van der Waals surface area (Å²) < 4.78 is 41.6. The van der Waals surface area contributed by atoms with E-state index in [1.54, 1.807) is 31.2 Å². The molecule has 0 bridgehead atoms. The molecular weight excluding hydrogens is 271 g/mol. The number of anilines is 1. The van der Waals surface area contributed by atoms with Gasteiger partial charge in [-0.25, -0.2) is 0 Å². The van der Waals surface area contributed by atoms with Crippen molar-refractivity contribution in [1.29, 1.82) is 0 Å². The van der Waals surface area contributed by atoms with Gasteiger partial charge >= 0.3 is 6.18 Å². The highest BCUT2D eigenvalue weighted by Gasteiger charge is 2.29. The lowest BCUT2D eigenvalue weighted by Crippen LogP contribution is -2.39. The predicted octanol–water partition coefficient (Wildman–Crippen LogP) is 3.59. The molecule has 0 aromatic heterocycles. The Labute approximate surface area is 116 Å². The second-order valence-corrected chi connectivity index (χ2v) is 5.04. The third kappa shape index (κ3) is 5.69. The highest BCUT2D eigenvalue weighted by Crippen LogP contribution is 2.27. The smallest absolute Gasteiger partial charge is 0.389 e. The molecule has 0 aliphatic rings. The van der Waals surface area contributed by atoms with Crippen molar-refractivity contribution in [1.82, 2.24) is 0 Å². The van der Waals surface area contributed by atoms with Crippen LogP contribution in [0.25, 0.3) is 0 Å². The SMILES string of the molecule is COc1cccc(NC(C)(CO)CCCC(F)(F)F)c1. The molecule has 0 aliphatic heterocycles. The maximum absolute atomic E-state index is 12.2. The first-order chi connectivity index (χ1) is 9.28. The van der Waals surface area contributed by atoms with Gasteiger partial charge < -0.3 is 15.2 Å². The molecule has 0 saturated carbocycles. The van der Waals surface area contributed by atoms with E-state index in [-0.39, 0.29) is 19.4 Å². The molecule has 1 aromatic rings. The van der Waals surface area contributed by atoms with E-state index in [1.165, 1.54) is 7.11 Å². The van der Waals surface area contributed by atoms with E-state index >= 15 is 0 Å². The monoisotopic (exact) mass is 291 g/mol. The van der Waals surface area contributed by atoms with Crippen LogP contribution in [0.2, 0.25) is 0 Å². The summed E-state index contributed by atoms with van der Waals surface area (Å²) in [6.45, 7) is 1.45. The fourth-order valence-electron chi connectivity index (χ4n) is 1.91. The van der Waals surface area contributed by atoms with Crippen LogP contribution in [0.1, 0.15) is 26.2 Å². The molecule has 1 unspecified atom stereocenters. The Hall–Kier alpha value is -1.43. The van der Waals surface area contributed by atoms with Crippen LogP contribution in [0.3, 0.4) is 0 Å². The van der Waals surface area contributed by atoms with E-state index in [0.29, 0.717) is 11.4 Å². The van der Waals surface area contributed by atoms with Gasteiger partial charge in [0.05, 0.1) is 19.3 Å². The lowest BCUT2D eigenvalue weighted by Gasteiger charge is -2.30. The van der Waals surface area contributed by atoms with E-state index in [0.717, 1.165) is 0 Å². The number of hydrogen-bond acceptors (Lipinski definition) is 3. The third-order valence-corrected chi connectivity index (χ3v) is 3.05. The molecule has 0 radical (unpaired) electrons. The Morgan fingerprint density at radius 1 is 1.25 bits per heavy atom. The van der Waals surface area contributed by atoms with Gasteiger partial charge in [-0.05, 0) is 31.9 Å². The second-order valence-electron chi connectivity index (χ2n) is 5.04. The standard InChI is InChI=1S/C14H20F3NO2/c1-13(10-19,7-4-8-14(15,16)17)18-11-5-3-6-12(9-11)20-2/h3,5-6,9,18-19H,4,7-8,10H2,1-2H3. The zero-order valence-electron chi connectivity index (χ0n) is 11.6. The van der Waals surface area contributed by atoms with Gasteiger partial charge in [0.2, 0.25) is 0 Å². The van der Waals surface area contributed by atoms with Crippen molar-refractivity contribution in [3.63, 3.8) is 0 Å². The van der Waals surface area contributed by atoms with E-state index in [2.05, 4.69) is 5.32 Å². The predicted molar refractivity (Wildman–Crippen MR) is 72.0 cm³/mol. The quantitative estimate of drug-likeness (QED) is 0.806. The molecule has 0 spiro atoms. The number of halogens is 3. The molecule has 0 fully saturated rings. The number of hydrogen-bond donors (Lipinski definition) is 2. The summed E-state index contributed by atoms with van der Waals surface area (Å²) in [5.41, 5.74) is -0.0923. The number of benzene rings is 1. The first-order valence-electron chi connectivity index (χ1n) is 6.38. The number of aliphatic hydroxyl groups is 1. The normalized spacial score (nSPS) is 14.7. The number of methoxy groups -OCH3 is 1. The molecule has 6 heteroatoms. The molecule has 1 aromatic carbocycles. The van der Waals surface area contributed by atoms with Crippen molar-refractivity contribution in [2.45, 2.75) is 37.9 Å².